The van der Waals surface area contributed by atoms with E-state index in [4.69, 9.17) is 18.5 Å². The van der Waals surface area contributed by atoms with Crippen molar-refractivity contribution in [1.82, 2.24) is 0 Å². The average molecular weight is 1020 g/mol. The summed E-state index contributed by atoms with van der Waals surface area (Å²) in [6.45, 7) is 4.33. The lowest BCUT2D eigenvalue weighted by molar-refractivity contribution is -0.220. The summed E-state index contributed by atoms with van der Waals surface area (Å²) < 4.78 is 34.4. The van der Waals surface area contributed by atoms with Gasteiger partial charge >= 0.3 is 13.8 Å². The van der Waals surface area contributed by atoms with Crippen LogP contribution in [-0.2, 0) is 27.9 Å². The van der Waals surface area contributed by atoms with Gasteiger partial charge in [-0.2, -0.15) is 0 Å². The number of allylic oxidation sites excluding steroid dienone is 2. The first-order valence-corrected chi connectivity index (χ1v) is 31.0. The largest absolute Gasteiger partial charge is 0.472 e. The molecule has 0 bridgehead atoms. The first-order valence-electron chi connectivity index (χ1n) is 29.5. The highest BCUT2D eigenvalue weighted by molar-refractivity contribution is 7.47. The van der Waals surface area contributed by atoms with Gasteiger partial charge in [-0.15, -0.1) is 0 Å². The zero-order chi connectivity index (χ0) is 51.2. The van der Waals surface area contributed by atoms with Gasteiger partial charge < -0.3 is 39.9 Å². The van der Waals surface area contributed by atoms with Gasteiger partial charge in [-0.05, 0) is 38.5 Å². The number of carbonyl (C=O) groups is 1. The van der Waals surface area contributed by atoms with Crippen LogP contribution < -0.4 is 0 Å². The molecule has 416 valence electrons. The number of aliphatic hydroxyl groups is 5. The Morgan fingerprint density at radius 1 is 0.443 bits per heavy atom. The fraction of sp³-hybridized carbons (Fsp3) is 0.947. The van der Waals surface area contributed by atoms with Gasteiger partial charge in [0, 0.05) is 13.0 Å². The van der Waals surface area contributed by atoms with Gasteiger partial charge in [0.05, 0.1) is 13.2 Å². The van der Waals surface area contributed by atoms with E-state index in [0.717, 1.165) is 38.5 Å². The first-order chi connectivity index (χ1) is 34.0. The second kappa shape index (κ2) is 47.8. The minimum absolute atomic E-state index is 0.0710. The molecular weight excluding hydrogens is 908 g/mol. The van der Waals surface area contributed by atoms with Crippen LogP contribution in [0.1, 0.15) is 284 Å². The smallest absolute Gasteiger partial charge is 0.457 e. The average Bonchev–Trinajstić information content (AvgIpc) is 3.35. The molecule has 1 rings (SSSR count). The highest BCUT2D eigenvalue weighted by atomic mass is 31.2. The number of phosphoric ester groups is 1. The summed E-state index contributed by atoms with van der Waals surface area (Å²) >= 11 is 0. The van der Waals surface area contributed by atoms with E-state index in [-0.39, 0.29) is 13.0 Å². The summed E-state index contributed by atoms with van der Waals surface area (Å²) in [5.74, 6) is -0.469. The molecule has 1 aliphatic rings. The molecule has 0 amide bonds. The number of esters is 1. The molecule has 70 heavy (non-hydrogen) atoms. The molecule has 6 N–H and O–H groups in total. The second-order valence-corrected chi connectivity index (χ2v) is 22.3. The van der Waals surface area contributed by atoms with Crippen molar-refractivity contribution in [3.05, 3.63) is 12.2 Å². The Morgan fingerprint density at radius 3 is 1.13 bits per heavy atom. The third-order valence-corrected chi connectivity index (χ3v) is 15.1. The number of aliphatic hydroxyl groups excluding tert-OH is 5. The van der Waals surface area contributed by atoms with Gasteiger partial charge in [-0.1, -0.05) is 251 Å². The van der Waals surface area contributed by atoms with E-state index in [1.165, 1.54) is 218 Å². The Morgan fingerprint density at radius 2 is 0.757 bits per heavy atom. The molecule has 0 heterocycles. The monoisotopic (exact) mass is 1020 g/mol. The summed E-state index contributed by atoms with van der Waals surface area (Å²) in [7, 11) is -5.02. The van der Waals surface area contributed by atoms with E-state index in [0.29, 0.717) is 13.0 Å². The summed E-state index contributed by atoms with van der Waals surface area (Å²) in [6.07, 6.45) is 44.3. The van der Waals surface area contributed by atoms with E-state index in [2.05, 4.69) is 26.0 Å². The Balaban J connectivity index is 2.26. The van der Waals surface area contributed by atoms with E-state index < -0.39 is 63.1 Å². The maximum Gasteiger partial charge on any atom is 0.472 e. The highest BCUT2D eigenvalue weighted by Crippen LogP contribution is 2.47. The number of carbonyl (C=O) groups excluding carboxylic acids is 1. The molecule has 0 aromatic carbocycles. The Labute approximate surface area is 428 Å². The van der Waals surface area contributed by atoms with Crippen molar-refractivity contribution in [1.29, 1.82) is 0 Å². The van der Waals surface area contributed by atoms with E-state index >= 15 is 0 Å². The number of rotatable bonds is 52. The lowest BCUT2D eigenvalue weighted by Gasteiger charge is -2.41. The zero-order valence-electron chi connectivity index (χ0n) is 45.1. The predicted molar refractivity (Wildman–Crippen MR) is 286 cm³/mol. The Bertz CT molecular complexity index is 1210. The van der Waals surface area contributed by atoms with Gasteiger partial charge in [0.1, 0.15) is 42.7 Å². The third-order valence-electron chi connectivity index (χ3n) is 14.1. The molecule has 1 fully saturated rings. The topological polar surface area (TPSA) is 192 Å². The van der Waals surface area contributed by atoms with Crippen LogP contribution in [0.25, 0.3) is 0 Å². The quantitative estimate of drug-likeness (QED) is 0.0146. The molecule has 13 heteroatoms. The summed E-state index contributed by atoms with van der Waals surface area (Å²) in [6, 6.07) is 0. The zero-order valence-corrected chi connectivity index (χ0v) is 46.0. The Kier molecular flexibility index (Phi) is 45.8. The van der Waals surface area contributed by atoms with Crippen molar-refractivity contribution in [3.63, 3.8) is 0 Å². The minimum Gasteiger partial charge on any atom is -0.457 e. The van der Waals surface area contributed by atoms with Gasteiger partial charge in [0.25, 0.3) is 0 Å². The maximum atomic E-state index is 12.9. The number of unbranched alkanes of at least 4 members (excludes halogenated alkanes) is 38. The van der Waals surface area contributed by atoms with E-state index in [1.807, 2.05) is 0 Å². The van der Waals surface area contributed by atoms with E-state index in [9.17, 15) is 39.8 Å². The van der Waals surface area contributed by atoms with Crippen molar-refractivity contribution in [3.8, 4) is 0 Å². The van der Waals surface area contributed by atoms with Crippen LogP contribution in [-0.4, -0.2) is 98.9 Å². The number of ether oxygens (including phenoxy) is 2. The van der Waals surface area contributed by atoms with Crippen molar-refractivity contribution < 1.29 is 58.3 Å². The molecule has 6 unspecified atom stereocenters. The minimum atomic E-state index is -5.02. The lowest BCUT2D eigenvalue weighted by atomic mass is 9.85. The molecule has 0 aliphatic heterocycles. The standard InChI is InChI=1S/C57H111O12P/c1-3-5-7-9-11-13-15-17-19-21-23-25-27-29-31-33-35-37-39-41-43-45-47-66-48-50(49-67-70(64,65)69-57-55(62)53(60)52(59)54(61)56(57)63)68-51(58)46-44-42-40-38-36-34-32-30-28-26-24-22-20-18-16-14-12-10-8-6-4-2/h21,23,50,52-57,59-63H,3-20,22,24-49H2,1-2H3,(H,64,65)/b23-21-. The molecular formula is C57H111O12P. The molecule has 0 saturated heterocycles. The van der Waals surface area contributed by atoms with Gasteiger partial charge in [0.2, 0.25) is 0 Å². The summed E-state index contributed by atoms with van der Waals surface area (Å²) in [5.41, 5.74) is 0. The molecule has 1 aliphatic carbocycles. The molecule has 0 spiro atoms. The van der Waals surface area contributed by atoms with Crippen LogP contribution in [0.4, 0.5) is 0 Å². The van der Waals surface area contributed by atoms with Crippen LogP contribution in [0.5, 0.6) is 0 Å². The van der Waals surface area contributed by atoms with Crippen molar-refractivity contribution in [2.24, 2.45) is 0 Å². The van der Waals surface area contributed by atoms with Crippen molar-refractivity contribution in [2.45, 2.75) is 326 Å². The van der Waals surface area contributed by atoms with Crippen LogP contribution in [0.3, 0.4) is 0 Å². The molecule has 1 saturated carbocycles. The summed E-state index contributed by atoms with van der Waals surface area (Å²) in [5, 5.41) is 50.4. The number of phosphoric acid groups is 1. The maximum absolute atomic E-state index is 12.9. The molecule has 0 aromatic rings. The van der Waals surface area contributed by atoms with Gasteiger partial charge in [-0.3, -0.25) is 13.8 Å². The van der Waals surface area contributed by atoms with E-state index in [1.54, 1.807) is 0 Å². The molecule has 0 aromatic heterocycles. The third kappa shape index (κ3) is 38.6. The number of hydrogen-bond acceptors (Lipinski definition) is 11. The summed E-state index contributed by atoms with van der Waals surface area (Å²) in [4.78, 5) is 23.3. The number of hydrogen-bond donors (Lipinski definition) is 6. The van der Waals surface area contributed by atoms with Crippen LogP contribution in [0, 0.1) is 0 Å². The SMILES string of the molecule is CCCCCCCCCC/C=C\CCCCCCCCCCCCOCC(COP(=O)(O)OC1C(O)C(O)C(O)C(O)C1O)OC(=O)CCCCCCCCCCCCCCCCCCCCCCC. The van der Waals surface area contributed by atoms with Crippen LogP contribution in [0.2, 0.25) is 0 Å². The lowest BCUT2D eigenvalue weighted by Crippen LogP contribution is -2.64. The Hall–Kier alpha value is -0.920. The van der Waals surface area contributed by atoms with Gasteiger partial charge in [-0.25, -0.2) is 4.57 Å². The molecule has 12 nitrogen and oxygen atoms in total. The molecule has 0 radical (unpaired) electrons. The van der Waals surface area contributed by atoms with Gasteiger partial charge in [0.15, 0.2) is 0 Å². The highest BCUT2D eigenvalue weighted by Gasteiger charge is 2.51. The van der Waals surface area contributed by atoms with Crippen molar-refractivity contribution in [2.75, 3.05) is 19.8 Å². The van der Waals surface area contributed by atoms with Crippen LogP contribution in [0.15, 0.2) is 12.2 Å². The van der Waals surface area contributed by atoms with Crippen molar-refractivity contribution >= 4 is 13.8 Å². The fourth-order valence-corrected chi connectivity index (χ4v) is 10.4. The fourth-order valence-electron chi connectivity index (χ4n) is 9.47. The predicted octanol–water partition coefficient (Wildman–Crippen LogP) is 14.2. The first kappa shape index (κ1) is 67.1. The molecule has 6 atom stereocenters. The normalized spacial score (nSPS) is 20.9. The van der Waals surface area contributed by atoms with Crippen LogP contribution >= 0.6 is 7.82 Å². The second-order valence-electron chi connectivity index (χ2n) is 20.9.